The number of nitrogens with two attached hydrogens (primary N) is 1. The van der Waals surface area contributed by atoms with Crippen LogP contribution in [-0.2, 0) is 5.54 Å². The van der Waals surface area contributed by atoms with E-state index in [4.69, 9.17) is 17.3 Å². The van der Waals surface area contributed by atoms with Crippen molar-refractivity contribution >= 4 is 34.4 Å². The number of carbonyl (C=O) groups excluding carboxylic acids is 1. The fourth-order valence-electron chi connectivity index (χ4n) is 5.27. The molecule has 1 saturated carbocycles. The molecule has 32 heavy (non-hydrogen) atoms. The third-order valence-electron chi connectivity index (χ3n) is 6.89. The monoisotopic (exact) mass is 452 g/mol. The molecule has 0 saturated heterocycles. The Balaban J connectivity index is 1.88. The average Bonchev–Trinajstić information content (AvgIpc) is 3.37. The summed E-state index contributed by atoms with van der Waals surface area (Å²) in [6.45, 7) is 9.16. The first-order valence-corrected chi connectivity index (χ1v) is 11.9. The zero-order chi connectivity index (χ0) is 23.0. The van der Waals surface area contributed by atoms with Gasteiger partial charge in [0.05, 0.1) is 22.8 Å². The van der Waals surface area contributed by atoms with Crippen molar-refractivity contribution in [3.05, 3.63) is 58.9 Å². The second-order valence-corrected chi connectivity index (χ2v) is 10.1. The van der Waals surface area contributed by atoms with Gasteiger partial charge in [0.2, 0.25) is 0 Å². The highest BCUT2D eigenvalue weighted by atomic mass is 35.5. The lowest BCUT2D eigenvalue weighted by molar-refractivity contribution is 0.245. The number of aromatic nitrogens is 2. The Labute approximate surface area is 195 Å². The lowest BCUT2D eigenvalue weighted by Gasteiger charge is -2.38. The van der Waals surface area contributed by atoms with Gasteiger partial charge < -0.3 is 10.3 Å². The van der Waals surface area contributed by atoms with Gasteiger partial charge in [-0.25, -0.2) is 9.78 Å². The lowest BCUT2D eigenvalue weighted by Crippen LogP contribution is -2.48. The van der Waals surface area contributed by atoms with E-state index in [1.54, 1.807) is 6.20 Å². The van der Waals surface area contributed by atoms with Crippen LogP contribution in [0.3, 0.4) is 0 Å². The molecule has 0 atom stereocenters. The summed E-state index contributed by atoms with van der Waals surface area (Å²) in [4.78, 5) is 19.4. The van der Waals surface area contributed by atoms with E-state index < -0.39 is 6.03 Å². The van der Waals surface area contributed by atoms with E-state index >= 15 is 0 Å². The number of hydrogen-bond donors (Lipinski definition) is 1. The summed E-state index contributed by atoms with van der Waals surface area (Å²) in [5, 5.41) is 1.63. The minimum absolute atomic E-state index is 0.272. The fraction of sp³-hybridized carbons (Fsp3) is 0.462. The summed E-state index contributed by atoms with van der Waals surface area (Å²) in [5.74, 6) is 0.544. The van der Waals surface area contributed by atoms with Gasteiger partial charge in [0.25, 0.3) is 0 Å². The van der Waals surface area contributed by atoms with E-state index in [1.807, 2.05) is 23.2 Å². The minimum atomic E-state index is -0.415. The topological polar surface area (TPSA) is 64.2 Å². The number of halogens is 1. The minimum Gasteiger partial charge on any atom is -0.351 e. The SMILES string of the molecule is CC(C)c1cccc(C(C)C)c1N(CC1(n2cc(Cl)c3cccnc32)CCCC1)C(N)=O. The van der Waals surface area contributed by atoms with Crippen LogP contribution in [0.25, 0.3) is 11.0 Å². The van der Waals surface area contributed by atoms with Gasteiger partial charge in [-0.1, -0.05) is 70.3 Å². The van der Waals surface area contributed by atoms with Gasteiger partial charge in [0.15, 0.2) is 0 Å². The number of benzene rings is 1. The van der Waals surface area contributed by atoms with Crippen molar-refractivity contribution in [2.45, 2.75) is 70.8 Å². The van der Waals surface area contributed by atoms with E-state index in [9.17, 15) is 4.79 Å². The molecule has 1 aliphatic carbocycles. The Morgan fingerprint density at radius 3 is 2.31 bits per heavy atom. The lowest BCUT2D eigenvalue weighted by atomic mass is 9.90. The molecule has 0 radical (unpaired) electrons. The van der Waals surface area contributed by atoms with Crippen LogP contribution in [0.2, 0.25) is 5.02 Å². The molecule has 0 aliphatic heterocycles. The van der Waals surface area contributed by atoms with Gasteiger partial charge in [0, 0.05) is 17.8 Å². The molecular weight excluding hydrogens is 420 g/mol. The largest absolute Gasteiger partial charge is 0.351 e. The number of anilines is 1. The Morgan fingerprint density at radius 2 is 1.75 bits per heavy atom. The van der Waals surface area contributed by atoms with Gasteiger partial charge in [-0.05, 0) is 47.9 Å². The number of carbonyl (C=O) groups is 1. The van der Waals surface area contributed by atoms with Crippen molar-refractivity contribution in [1.29, 1.82) is 0 Å². The summed E-state index contributed by atoms with van der Waals surface area (Å²) >= 11 is 6.60. The smallest absolute Gasteiger partial charge is 0.319 e. The maximum absolute atomic E-state index is 13.0. The van der Waals surface area contributed by atoms with E-state index in [0.717, 1.165) is 53.5 Å². The van der Waals surface area contributed by atoms with Crippen LogP contribution in [-0.4, -0.2) is 22.1 Å². The Bertz CT molecular complexity index is 1100. The molecule has 1 fully saturated rings. The molecule has 0 bridgehead atoms. The Hall–Kier alpha value is -2.53. The highest BCUT2D eigenvalue weighted by Crippen LogP contribution is 2.44. The number of hydrogen-bond acceptors (Lipinski definition) is 2. The number of amides is 2. The second-order valence-electron chi connectivity index (χ2n) is 9.67. The van der Waals surface area contributed by atoms with Gasteiger partial charge >= 0.3 is 6.03 Å². The molecule has 0 spiro atoms. The normalized spacial score (nSPS) is 15.7. The van der Waals surface area contributed by atoms with E-state index in [1.165, 1.54) is 0 Å². The van der Waals surface area contributed by atoms with Crippen LogP contribution in [0.1, 0.15) is 76.3 Å². The summed E-state index contributed by atoms with van der Waals surface area (Å²) in [7, 11) is 0. The molecule has 3 aromatic rings. The molecule has 1 aromatic carbocycles. The maximum atomic E-state index is 13.0. The third kappa shape index (κ3) is 3.88. The summed E-state index contributed by atoms with van der Waals surface area (Å²) in [6, 6.07) is 9.81. The molecule has 2 amide bonds. The molecule has 5 nitrogen and oxygen atoms in total. The zero-order valence-corrected chi connectivity index (χ0v) is 20.2. The van der Waals surface area contributed by atoms with Crippen molar-refractivity contribution in [2.75, 3.05) is 11.4 Å². The molecule has 2 heterocycles. The average molecular weight is 453 g/mol. The summed E-state index contributed by atoms with van der Waals surface area (Å²) in [5.41, 5.74) is 9.91. The van der Waals surface area contributed by atoms with Gasteiger partial charge in [-0.3, -0.25) is 4.90 Å². The van der Waals surface area contributed by atoms with Gasteiger partial charge in [-0.15, -0.1) is 0 Å². The number of rotatable bonds is 6. The van der Waals surface area contributed by atoms with Crippen LogP contribution < -0.4 is 10.6 Å². The molecule has 1 aliphatic rings. The molecule has 6 heteroatoms. The number of para-hydroxylation sites is 1. The van der Waals surface area contributed by atoms with Crippen LogP contribution in [0.5, 0.6) is 0 Å². The van der Waals surface area contributed by atoms with Crippen LogP contribution in [0, 0.1) is 0 Å². The van der Waals surface area contributed by atoms with E-state index in [-0.39, 0.29) is 17.4 Å². The first kappa shape index (κ1) is 22.7. The van der Waals surface area contributed by atoms with Crippen molar-refractivity contribution < 1.29 is 4.79 Å². The van der Waals surface area contributed by atoms with E-state index in [0.29, 0.717) is 11.6 Å². The highest BCUT2D eigenvalue weighted by Gasteiger charge is 2.41. The number of primary amides is 1. The van der Waals surface area contributed by atoms with E-state index in [2.05, 4.69) is 55.4 Å². The number of urea groups is 1. The quantitative estimate of drug-likeness (QED) is 0.447. The maximum Gasteiger partial charge on any atom is 0.319 e. The molecule has 170 valence electrons. The number of fused-ring (bicyclic) bond motifs is 1. The molecular formula is C26H33ClN4O. The first-order valence-electron chi connectivity index (χ1n) is 11.6. The van der Waals surface area contributed by atoms with Crippen LogP contribution in [0.4, 0.5) is 10.5 Å². The van der Waals surface area contributed by atoms with Crippen molar-refractivity contribution in [3.63, 3.8) is 0 Å². The predicted octanol–water partition coefficient (Wildman–Crippen LogP) is 6.79. The third-order valence-corrected chi connectivity index (χ3v) is 7.19. The molecule has 0 unspecified atom stereocenters. The van der Waals surface area contributed by atoms with Crippen molar-refractivity contribution in [3.8, 4) is 0 Å². The molecule has 2 aromatic heterocycles. The zero-order valence-electron chi connectivity index (χ0n) is 19.4. The van der Waals surface area contributed by atoms with Crippen LogP contribution in [0.15, 0.2) is 42.7 Å². The standard InChI is InChI=1S/C26H33ClN4O/c1-17(2)19-9-7-10-20(18(3)4)23(19)30(25(28)32)16-26(12-5-6-13-26)31-15-22(27)21-11-8-14-29-24(21)31/h7-11,14-15,17-18H,5-6,12-13,16H2,1-4H3,(H2,28,32). The number of pyridine rings is 1. The Kier molecular flexibility index (Phi) is 6.22. The molecule has 4 rings (SSSR count). The Morgan fingerprint density at radius 1 is 1.12 bits per heavy atom. The van der Waals surface area contributed by atoms with Gasteiger partial charge in [0.1, 0.15) is 5.65 Å². The second kappa shape index (κ2) is 8.78. The van der Waals surface area contributed by atoms with Crippen molar-refractivity contribution in [2.24, 2.45) is 5.73 Å². The van der Waals surface area contributed by atoms with Crippen molar-refractivity contribution in [1.82, 2.24) is 9.55 Å². The van der Waals surface area contributed by atoms with Crippen LogP contribution >= 0.6 is 11.6 Å². The molecule has 2 N–H and O–H groups in total. The highest BCUT2D eigenvalue weighted by molar-refractivity contribution is 6.35. The summed E-state index contributed by atoms with van der Waals surface area (Å²) < 4.78 is 2.21. The summed E-state index contributed by atoms with van der Waals surface area (Å²) in [6.07, 6.45) is 7.89. The number of nitrogens with zero attached hydrogens (tertiary/aromatic N) is 3. The van der Waals surface area contributed by atoms with Gasteiger partial charge in [-0.2, -0.15) is 0 Å². The predicted molar refractivity (Wildman–Crippen MR) is 133 cm³/mol. The fourth-order valence-corrected chi connectivity index (χ4v) is 5.52. The first-order chi connectivity index (χ1) is 15.2.